The summed E-state index contributed by atoms with van der Waals surface area (Å²) in [5.74, 6) is 0. The lowest BCUT2D eigenvalue weighted by Crippen LogP contribution is -1.79. The largest absolute Gasteiger partial charge is 0.298 e. The SMILES string of the molecule is CC(=N)Sc1ccc(C)cc1. The van der Waals surface area contributed by atoms with Crippen molar-refractivity contribution in [2.45, 2.75) is 18.7 Å². The maximum Gasteiger partial charge on any atom is 0.0658 e. The van der Waals surface area contributed by atoms with E-state index in [0.717, 1.165) is 4.90 Å². The van der Waals surface area contributed by atoms with Gasteiger partial charge in [-0.15, -0.1) is 0 Å². The van der Waals surface area contributed by atoms with Gasteiger partial charge in [-0.3, -0.25) is 5.41 Å². The Labute approximate surface area is 71.3 Å². The molecule has 0 fully saturated rings. The molecule has 0 atom stereocenters. The summed E-state index contributed by atoms with van der Waals surface area (Å²) < 4.78 is 0. The second-order valence-electron chi connectivity index (χ2n) is 2.47. The molecule has 0 bridgehead atoms. The molecule has 0 aromatic heterocycles. The third-order valence-electron chi connectivity index (χ3n) is 1.29. The number of benzene rings is 1. The van der Waals surface area contributed by atoms with Gasteiger partial charge >= 0.3 is 0 Å². The molecule has 0 saturated heterocycles. The summed E-state index contributed by atoms with van der Waals surface area (Å²) in [5.41, 5.74) is 1.26. The van der Waals surface area contributed by atoms with Gasteiger partial charge in [-0.05, 0) is 26.0 Å². The van der Waals surface area contributed by atoms with Crippen molar-refractivity contribution in [3.8, 4) is 0 Å². The van der Waals surface area contributed by atoms with E-state index in [2.05, 4.69) is 19.1 Å². The minimum atomic E-state index is 0.633. The van der Waals surface area contributed by atoms with Crippen LogP contribution in [0.4, 0.5) is 0 Å². The molecule has 1 aromatic carbocycles. The van der Waals surface area contributed by atoms with Gasteiger partial charge < -0.3 is 0 Å². The lowest BCUT2D eigenvalue weighted by Gasteiger charge is -1.98. The van der Waals surface area contributed by atoms with Crippen LogP contribution < -0.4 is 0 Å². The zero-order valence-electron chi connectivity index (χ0n) is 6.72. The average molecular weight is 165 g/mol. The van der Waals surface area contributed by atoms with Gasteiger partial charge in [0.15, 0.2) is 0 Å². The van der Waals surface area contributed by atoms with Crippen molar-refractivity contribution in [2.24, 2.45) is 0 Å². The quantitative estimate of drug-likeness (QED) is 0.386. The average Bonchev–Trinajstić information content (AvgIpc) is 1.93. The van der Waals surface area contributed by atoms with Crippen molar-refractivity contribution in [3.63, 3.8) is 0 Å². The van der Waals surface area contributed by atoms with Gasteiger partial charge in [-0.1, -0.05) is 29.5 Å². The van der Waals surface area contributed by atoms with E-state index < -0.39 is 0 Å². The van der Waals surface area contributed by atoms with Gasteiger partial charge in [-0.25, -0.2) is 0 Å². The third kappa shape index (κ3) is 2.76. The van der Waals surface area contributed by atoms with Gasteiger partial charge in [0.25, 0.3) is 0 Å². The third-order valence-corrected chi connectivity index (χ3v) is 2.11. The van der Waals surface area contributed by atoms with E-state index in [1.54, 1.807) is 6.92 Å². The fraction of sp³-hybridized carbons (Fsp3) is 0.222. The molecule has 0 radical (unpaired) electrons. The molecule has 2 heteroatoms. The van der Waals surface area contributed by atoms with Crippen LogP contribution in [0.25, 0.3) is 0 Å². The lowest BCUT2D eigenvalue weighted by molar-refractivity contribution is 1.38. The first-order valence-electron chi connectivity index (χ1n) is 3.48. The smallest absolute Gasteiger partial charge is 0.0658 e. The highest BCUT2D eigenvalue weighted by Crippen LogP contribution is 2.18. The maximum atomic E-state index is 7.25. The summed E-state index contributed by atoms with van der Waals surface area (Å²) in [6, 6.07) is 8.20. The van der Waals surface area contributed by atoms with E-state index in [1.807, 2.05) is 12.1 Å². The molecule has 58 valence electrons. The van der Waals surface area contributed by atoms with E-state index >= 15 is 0 Å². The minimum absolute atomic E-state index is 0.633. The molecule has 1 rings (SSSR count). The van der Waals surface area contributed by atoms with Crippen LogP contribution in [0.5, 0.6) is 0 Å². The van der Waals surface area contributed by atoms with Crippen LogP contribution in [0.2, 0.25) is 0 Å². The van der Waals surface area contributed by atoms with Crippen LogP contribution in [-0.4, -0.2) is 5.04 Å². The Morgan fingerprint density at radius 1 is 1.27 bits per heavy atom. The normalized spacial score (nSPS) is 9.64. The molecule has 0 spiro atoms. The van der Waals surface area contributed by atoms with E-state index in [0.29, 0.717) is 5.04 Å². The van der Waals surface area contributed by atoms with Crippen molar-refractivity contribution in [3.05, 3.63) is 29.8 Å². The molecule has 0 amide bonds. The summed E-state index contributed by atoms with van der Waals surface area (Å²) in [5, 5.41) is 7.88. The monoisotopic (exact) mass is 165 g/mol. The van der Waals surface area contributed by atoms with E-state index in [4.69, 9.17) is 5.41 Å². The highest BCUT2D eigenvalue weighted by atomic mass is 32.2. The van der Waals surface area contributed by atoms with Crippen LogP contribution in [-0.2, 0) is 0 Å². The molecule has 0 aliphatic rings. The Hall–Kier alpha value is -0.760. The number of rotatable bonds is 1. The second kappa shape index (κ2) is 3.58. The molecule has 0 aliphatic carbocycles. The Morgan fingerprint density at radius 3 is 2.27 bits per heavy atom. The van der Waals surface area contributed by atoms with Gasteiger partial charge in [0, 0.05) is 4.90 Å². The van der Waals surface area contributed by atoms with Crippen molar-refractivity contribution < 1.29 is 0 Å². The van der Waals surface area contributed by atoms with Crippen LogP contribution in [0.1, 0.15) is 12.5 Å². The van der Waals surface area contributed by atoms with E-state index in [1.165, 1.54) is 17.3 Å². The maximum absolute atomic E-state index is 7.25. The standard InChI is InChI=1S/C9H11NS/c1-7-3-5-9(6-4-7)11-8(2)10/h3-6,10H,1-2H3. The zero-order chi connectivity index (χ0) is 8.27. The first-order chi connectivity index (χ1) is 5.18. The fourth-order valence-electron chi connectivity index (χ4n) is 0.783. The predicted octanol–water partition coefficient (Wildman–Crippen LogP) is 3.08. The van der Waals surface area contributed by atoms with Crippen molar-refractivity contribution in [1.82, 2.24) is 0 Å². The van der Waals surface area contributed by atoms with Crippen LogP contribution in [0, 0.1) is 12.3 Å². The van der Waals surface area contributed by atoms with Crippen LogP contribution in [0.3, 0.4) is 0 Å². The molecule has 0 unspecified atom stereocenters. The number of aryl methyl sites for hydroxylation is 1. The summed E-state index contributed by atoms with van der Waals surface area (Å²) in [7, 11) is 0. The number of hydrogen-bond donors (Lipinski definition) is 1. The molecule has 0 aliphatic heterocycles. The minimum Gasteiger partial charge on any atom is -0.298 e. The summed E-state index contributed by atoms with van der Waals surface area (Å²) in [6.07, 6.45) is 0. The van der Waals surface area contributed by atoms with Crippen LogP contribution in [0.15, 0.2) is 29.2 Å². The van der Waals surface area contributed by atoms with Gasteiger partial charge in [-0.2, -0.15) is 0 Å². The molecule has 1 N–H and O–H groups in total. The highest BCUT2D eigenvalue weighted by molar-refractivity contribution is 8.13. The second-order valence-corrected chi connectivity index (χ2v) is 3.76. The van der Waals surface area contributed by atoms with Gasteiger partial charge in [0.05, 0.1) is 5.04 Å². The van der Waals surface area contributed by atoms with E-state index in [-0.39, 0.29) is 0 Å². The first kappa shape index (κ1) is 8.34. The Bertz CT molecular complexity index is 251. The summed E-state index contributed by atoms with van der Waals surface area (Å²) in [4.78, 5) is 1.14. The number of hydrogen-bond acceptors (Lipinski definition) is 2. The van der Waals surface area contributed by atoms with Crippen molar-refractivity contribution >= 4 is 16.8 Å². The van der Waals surface area contributed by atoms with Crippen LogP contribution >= 0.6 is 11.8 Å². The van der Waals surface area contributed by atoms with Crippen molar-refractivity contribution in [2.75, 3.05) is 0 Å². The van der Waals surface area contributed by atoms with Gasteiger partial charge in [0.1, 0.15) is 0 Å². The van der Waals surface area contributed by atoms with Gasteiger partial charge in [0.2, 0.25) is 0 Å². The number of nitrogens with one attached hydrogen (secondary N) is 1. The molecule has 0 heterocycles. The lowest BCUT2D eigenvalue weighted by atomic mass is 10.2. The summed E-state index contributed by atoms with van der Waals surface area (Å²) in [6.45, 7) is 3.86. The zero-order valence-corrected chi connectivity index (χ0v) is 7.53. The summed E-state index contributed by atoms with van der Waals surface area (Å²) >= 11 is 1.49. The molecule has 1 nitrogen and oxygen atoms in total. The molecular formula is C9H11NS. The Morgan fingerprint density at radius 2 is 1.82 bits per heavy atom. The highest BCUT2D eigenvalue weighted by Gasteiger charge is 1.93. The molecule has 0 saturated carbocycles. The van der Waals surface area contributed by atoms with Crippen molar-refractivity contribution in [1.29, 1.82) is 5.41 Å². The topological polar surface area (TPSA) is 23.9 Å². The molecule has 11 heavy (non-hydrogen) atoms. The first-order valence-corrected chi connectivity index (χ1v) is 4.30. The predicted molar refractivity (Wildman–Crippen MR) is 50.4 cm³/mol. The molecular weight excluding hydrogens is 154 g/mol. The Kier molecular flexibility index (Phi) is 2.71. The van der Waals surface area contributed by atoms with E-state index in [9.17, 15) is 0 Å². The molecule has 1 aromatic rings. The number of thioether (sulfide) groups is 1. The Balaban J connectivity index is 2.74. The fourth-order valence-corrected chi connectivity index (χ4v) is 1.41.